The molecule has 0 amide bonds. The van der Waals surface area contributed by atoms with Gasteiger partial charge in [0.25, 0.3) is 0 Å². The van der Waals surface area contributed by atoms with Gasteiger partial charge in [-0.3, -0.25) is 4.99 Å². The molecule has 3 rings (SSSR count). The lowest BCUT2D eigenvalue weighted by molar-refractivity contribution is 0.129. The van der Waals surface area contributed by atoms with Crippen molar-refractivity contribution in [2.24, 2.45) is 4.99 Å². The third kappa shape index (κ3) is 7.48. The first-order chi connectivity index (χ1) is 13.6. The zero-order chi connectivity index (χ0) is 19.8. The quantitative estimate of drug-likeness (QED) is 0.330. The molecule has 0 atom stereocenters. The maximum absolute atomic E-state index is 12.5. The number of nitrogens with zero attached hydrogens (tertiary/aromatic N) is 3. The molecular weight excluding hydrogens is 523 g/mol. The summed E-state index contributed by atoms with van der Waals surface area (Å²) in [4.78, 5) is 6.51. The van der Waals surface area contributed by atoms with Crippen LogP contribution in [0.1, 0.15) is 12.8 Å². The summed E-state index contributed by atoms with van der Waals surface area (Å²) < 4.78 is 32.6. The SMILES string of the molecule is CN=C(NCCS(=O)(=O)N1CCSCC1)N1CCC(Oc2ccccc2)CC1.I. The van der Waals surface area contributed by atoms with E-state index in [1.54, 1.807) is 11.4 Å². The highest BCUT2D eigenvalue weighted by Crippen LogP contribution is 2.18. The van der Waals surface area contributed by atoms with Crippen LogP contribution in [0.15, 0.2) is 35.3 Å². The molecular formula is C19H31IN4O3S2. The summed E-state index contributed by atoms with van der Waals surface area (Å²) in [5.41, 5.74) is 0. The number of ether oxygens (including phenoxy) is 1. The minimum Gasteiger partial charge on any atom is -0.490 e. The number of para-hydroxylation sites is 1. The van der Waals surface area contributed by atoms with E-state index in [0.29, 0.717) is 19.6 Å². The molecule has 1 aromatic rings. The fourth-order valence-corrected chi connectivity index (χ4v) is 5.95. The molecule has 0 aromatic heterocycles. The number of sulfonamides is 1. The Hall–Kier alpha value is -0.720. The third-order valence-corrected chi connectivity index (χ3v) is 7.82. The molecule has 2 aliphatic heterocycles. The van der Waals surface area contributed by atoms with Crippen molar-refractivity contribution in [1.82, 2.24) is 14.5 Å². The first-order valence-electron chi connectivity index (χ1n) is 9.81. The third-order valence-electron chi connectivity index (χ3n) is 5.01. The molecule has 0 unspecified atom stereocenters. The first kappa shape index (κ1) is 24.5. The topological polar surface area (TPSA) is 74.2 Å². The zero-order valence-electron chi connectivity index (χ0n) is 16.8. The van der Waals surface area contributed by atoms with Gasteiger partial charge in [0.15, 0.2) is 5.96 Å². The van der Waals surface area contributed by atoms with E-state index in [1.165, 1.54) is 0 Å². The van der Waals surface area contributed by atoms with E-state index in [2.05, 4.69) is 15.2 Å². The second kappa shape index (κ2) is 12.2. The molecule has 10 heteroatoms. The number of guanidine groups is 1. The van der Waals surface area contributed by atoms with Gasteiger partial charge in [0.2, 0.25) is 10.0 Å². The monoisotopic (exact) mass is 554 g/mol. The van der Waals surface area contributed by atoms with E-state index in [4.69, 9.17) is 4.74 Å². The molecule has 0 radical (unpaired) electrons. The Morgan fingerprint density at radius 1 is 1.17 bits per heavy atom. The Balaban J connectivity index is 0.00000300. The van der Waals surface area contributed by atoms with E-state index in [9.17, 15) is 8.42 Å². The van der Waals surface area contributed by atoms with Gasteiger partial charge in [0.1, 0.15) is 11.9 Å². The van der Waals surface area contributed by atoms with Crippen LogP contribution in [0.25, 0.3) is 0 Å². The number of halogens is 1. The summed E-state index contributed by atoms with van der Waals surface area (Å²) in [7, 11) is -1.46. The number of benzene rings is 1. The molecule has 2 heterocycles. The van der Waals surface area contributed by atoms with Crippen LogP contribution in [0.5, 0.6) is 5.75 Å². The molecule has 0 aliphatic carbocycles. The number of piperidine rings is 1. The lowest BCUT2D eigenvalue weighted by Crippen LogP contribution is -2.49. The maximum Gasteiger partial charge on any atom is 0.215 e. The largest absolute Gasteiger partial charge is 0.490 e. The minimum absolute atomic E-state index is 0. The summed E-state index contributed by atoms with van der Waals surface area (Å²) in [5.74, 6) is 3.54. The van der Waals surface area contributed by atoms with Crippen molar-refractivity contribution < 1.29 is 13.2 Å². The Labute approximate surface area is 195 Å². The van der Waals surface area contributed by atoms with Crippen LogP contribution >= 0.6 is 35.7 Å². The van der Waals surface area contributed by atoms with Crippen LogP contribution in [-0.2, 0) is 10.0 Å². The van der Waals surface area contributed by atoms with Crippen LogP contribution in [-0.4, -0.2) is 86.7 Å². The van der Waals surface area contributed by atoms with Crippen molar-refractivity contribution in [3.05, 3.63) is 30.3 Å². The zero-order valence-corrected chi connectivity index (χ0v) is 20.8. The minimum atomic E-state index is -3.20. The number of hydrogen-bond donors (Lipinski definition) is 1. The van der Waals surface area contributed by atoms with Crippen LogP contribution < -0.4 is 10.1 Å². The lowest BCUT2D eigenvalue weighted by Gasteiger charge is -2.34. The second-order valence-corrected chi connectivity index (χ2v) is 10.2. The van der Waals surface area contributed by atoms with Gasteiger partial charge in [-0.05, 0) is 12.1 Å². The van der Waals surface area contributed by atoms with Gasteiger partial charge in [-0.2, -0.15) is 11.8 Å². The van der Waals surface area contributed by atoms with Crippen LogP contribution in [0.2, 0.25) is 0 Å². The molecule has 1 N–H and O–H groups in total. The Morgan fingerprint density at radius 2 is 1.83 bits per heavy atom. The molecule has 0 spiro atoms. The molecule has 0 saturated carbocycles. The van der Waals surface area contributed by atoms with E-state index >= 15 is 0 Å². The molecule has 1 aromatic carbocycles. The molecule has 2 fully saturated rings. The number of nitrogens with one attached hydrogen (secondary N) is 1. The number of rotatable bonds is 6. The number of aliphatic imine (C=N–C) groups is 1. The predicted octanol–water partition coefficient (Wildman–Crippen LogP) is 2.10. The molecule has 2 aliphatic rings. The van der Waals surface area contributed by atoms with Gasteiger partial charge in [0, 0.05) is 64.1 Å². The van der Waals surface area contributed by atoms with Gasteiger partial charge >= 0.3 is 0 Å². The maximum atomic E-state index is 12.5. The van der Waals surface area contributed by atoms with Crippen molar-refractivity contribution in [2.45, 2.75) is 18.9 Å². The number of likely N-dealkylation sites (tertiary alicyclic amines) is 1. The van der Waals surface area contributed by atoms with Crippen molar-refractivity contribution in [3.63, 3.8) is 0 Å². The van der Waals surface area contributed by atoms with Crippen molar-refractivity contribution in [3.8, 4) is 5.75 Å². The average molecular weight is 555 g/mol. The van der Waals surface area contributed by atoms with E-state index in [0.717, 1.165) is 49.1 Å². The predicted molar refractivity (Wildman–Crippen MR) is 131 cm³/mol. The number of hydrogen-bond acceptors (Lipinski definition) is 5. The smallest absolute Gasteiger partial charge is 0.215 e. The first-order valence-corrected chi connectivity index (χ1v) is 12.6. The lowest BCUT2D eigenvalue weighted by atomic mass is 10.1. The second-order valence-electron chi connectivity index (χ2n) is 6.92. The molecule has 0 bridgehead atoms. The summed E-state index contributed by atoms with van der Waals surface area (Å²) in [6.07, 6.45) is 2.03. The fraction of sp³-hybridized carbons (Fsp3) is 0.632. The Morgan fingerprint density at radius 3 is 2.45 bits per heavy atom. The average Bonchev–Trinajstić information content (AvgIpc) is 2.73. The summed E-state index contributed by atoms with van der Waals surface area (Å²) >= 11 is 1.81. The van der Waals surface area contributed by atoms with Crippen LogP contribution in [0.3, 0.4) is 0 Å². The molecule has 7 nitrogen and oxygen atoms in total. The van der Waals surface area contributed by atoms with Crippen LogP contribution in [0.4, 0.5) is 0 Å². The highest BCUT2D eigenvalue weighted by atomic mass is 127. The normalized spacial score (nSPS) is 19.5. The van der Waals surface area contributed by atoms with Gasteiger partial charge in [0.05, 0.1) is 5.75 Å². The highest BCUT2D eigenvalue weighted by Gasteiger charge is 2.25. The summed E-state index contributed by atoms with van der Waals surface area (Å²) in [6.45, 7) is 3.30. The van der Waals surface area contributed by atoms with E-state index in [-0.39, 0.29) is 35.8 Å². The van der Waals surface area contributed by atoms with Gasteiger partial charge in [-0.1, -0.05) is 18.2 Å². The highest BCUT2D eigenvalue weighted by molar-refractivity contribution is 14.0. The summed E-state index contributed by atoms with van der Waals surface area (Å²) in [5, 5.41) is 3.22. The van der Waals surface area contributed by atoms with E-state index in [1.807, 2.05) is 42.1 Å². The van der Waals surface area contributed by atoms with Crippen molar-refractivity contribution in [1.29, 1.82) is 0 Å². The fourth-order valence-electron chi connectivity index (χ4n) is 3.45. The van der Waals surface area contributed by atoms with Crippen molar-refractivity contribution >= 4 is 51.7 Å². The Bertz CT molecular complexity index is 735. The molecule has 2 saturated heterocycles. The van der Waals surface area contributed by atoms with Crippen LogP contribution in [0, 0.1) is 0 Å². The van der Waals surface area contributed by atoms with Crippen molar-refractivity contribution in [2.75, 3.05) is 57.0 Å². The van der Waals surface area contributed by atoms with E-state index < -0.39 is 10.0 Å². The van der Waals surface area contributed by atoms with Gasteiger partial charge in [-0.25, -0.2) is 12.7 Å². The van der Waals surface area contributed by atoms with Gasteiger partial charge < -0.3 is 15.0 Å². The summed E-state index contributed by atoms with van der Waals surface area (Å²) in [6, 6.07) is 9.90. The standard InChI is InChI=1S/C19H30N4O3S2.HI/c1-20-19(21-9-16-28(24,25)23-12-14-27-15-13-23)22-10-7-18(8-11-22)26-17-5-3-2-4-6-17;/h2-6,18H,7-16H2,1H3,(H,20,21);1H. The Kier molecular flexibility index (Phi) is 10.3. The van der Waals surface area contributed by atoms with Gasteiger partial charge in [-0.15, -0.1) is 24.0 Å². The molecule has 164 valence electrons. The molecule has 29 heavy (non-hydrogen) atoms. The number of thioether (sulfide) groups is 1.